The van der Waals surface area contributed by atoms with Crippen LogP contribution in [-0.4, -0.2) is 38.4 Å². The molecule has 1 aromatic carbocycles. The normalized spacial score (nSPS) is 30.4. The van der Waals surface area contributed by atoms with Crippen molar-refractivity contribution in [2.75, 3.05) is 31.2 Å². The summed E-state index contributed by atoms with van der Waals surface area (Å²) in [6.45, 7) is 4.26. The average Bonchev–Trinajstić information content (AvgIpc) is 2.49. The number of anilines is 1. The second-order valence-electron chi connectivity index (χ2n) is 6.06. The van der Waals surface area contributed by atoms with Gasteiger partial charge in [-0.15, -0.1) is 0 Å². The van der Waals surface area contributed by atoms with Gasteiger partial charge in [-0.3, -0.25) is 0 Å². The number of nitrogens with one attached hydrogen (secondary N) is 1. The number of nitrogens with zero attached hydrogens (tertiary/aromatic N) is 1. The molecule has 1 N–H and O–H groups in total. The molecule has 1 aromatic rings. The van der Waals surface area contributed by atoms with Gasteiger partial charge in [0.1, 0.15) is 0 Å². The molecule has 2 fully saturated rings. The molecule has 0 aromatic heterocycles. The van der Waals surface area contributed by atoms with Crippen LogP contribution in [0.4, 0.5) is 5.69 Å². The Balaban J connectivity index is 1.54. The molecule has 0 aliphatic carbocycles. The lowest BCUT2D eigenvalue weighted by atomic mass is 9.79. The summed E-state index contributed by atoms with van der Waals surface area (Å²) in [4.78, 5) is 2.56. The van der Waals surface area contributed by atoms with Gasteiger partial charge < -0.3 is 15.0 Å². The largest absolute Gasteiger partial charge is 0.381 e. The molecule has 102 valence electrons. The number of hydrogen-bond acceptors (Lipinski definition) is 3. The van der Waals surface area contributed by atoms with E-state index in [2.05, 4.69) is 34.5 Å². The molecule has 2 saturated heterocycles. The lowest BCUT2D eigenvalue weighted by Crippen LogP contribution is -2.56. The quantitative estimate of drug-likeness (QED) is 0.879. The Hall–Kier alpha value is -1.06. The van der Waals surface area contributed by atoms with E-state index < -0.39 is 0 Å². The number of hydrogen-bond donors (Lipinski definition) is 1. The molecule has 2 bridgehead atoms. The third-order valence-corrected chi connectivity index (χ3v) is 4.96. The molecule has 3 nitrogen and oxygen atoms in total. The van der Waals surface area contributed by atoms with Gasteiger partial charge in [0.25, 0.3) is 0 Å². The molecule has 4 aliphatic rings. The van der Waals surface area contributed by atoms with E-state index in [1.165, 1.54) is 38.0 Å². The highest BCUT2D eigenvalue weighted by molar-refractivity contribution is 5.60. The van der Waals surface area contributed by atoms with E-state index in [1.54, 1.807) is 5.56 Å². The van der Waals surface area contributed by atoms with E-state index in [0.29, 0.717) is 18.0 Å². The van der Waals surface area contributed by atoms with Crippen LogP contribution in [-0.2, 0) is 4.74 Å². The zero-order chi connectivity index (χ0) is 12.7. The SMILES string of the molecule is c1ccc2c(c1)C1CCN2CC1NC1CCOCC1. The number of para-hydroxylation sites is 1. The molecule has 2 unspecified atom stereocenters. The summed E-state index contributed by atoms with van der Waals surface area (Å²) in [6.07, 6.45) is 3.65. The third kappa shape index (κ3) is 2.05. The van der Waals surface area contributed by atoms with E-state index >= 15 is 0 Å². The van der Waals surface area contributed by atoms with Crippen LogP contribution in [0.5, 0.6) is 0 Å². The first kappa shape index (κ1) is 11.7. The predicted octanol–water partition coefficient (Wildman–Crippen LogP) is 2.13. The van der Waals surface area contributed by atoms with Gasteiger partial charge >= 0.3 is 0 Å². The number of fused-ring (bicyclic) bond motifs is 2. The first-order valence-corrected chi connectivity index (χ1v) is 7.59. The zero-order valence-electron chi connectivity index (χ0n) is 11.3. The fraction of sp³-hybridized carbons (Fsp3) is 0.625. The summed E-state index contributed by atoms with van der Waals surface area (Å²) in [7, 11) is 0. The van der Waals surface area contributed by atoms with Crippen LogP contribution in [0.25, 0.3) is 0 Å². The number of benzene rings is 1. The van der Waals surface area contributed by atoms with Crippen LogP contribution in [0, 0.1) is 0 Å². The summed E-state index contributed by atoms with van der Waals surface area (Å²) in [6, 6.07) is 10.3. The second kappa shape index (κ2) is 4.80. The minimum atomic E-state index is 0.631. The lowest BCUT2D eigenvalue weighted by Gasteiger charge is -2.48. The van der Waals surface area contributed by atoms with Crippen LogP contribution in [0.15, 0.2) is 24.3 Å². The van der Waals surface area contributed by atoms with Gasteiger partial charge in [-0.05, 0) is 30.9 Å². The van der Waals surface area contributed by atoms with Crippen molar-refractivity contribution in [1.82, 2.24) is 5.32 Å². The second-order valence-corrected chi connectivity index (χ2v) is 6.06. The summed E-state index contributed by atoms with van der Waals surface area (Å²) >= 11 is 0. The fourth-order valence-electron chi connectivity index (χ4n) is 3.97. The van der Waals surface area contributed by atoms with E-state index in [-0.39, 0.29) is 0 Å². The Morgan fingerprint density at radius 1 is 1.11 bits per heavy atom. The number of rotatable bonds is 2. The maximum atomic E-state index is 5.46. The van der Waals surface area contributed by atoms with Crippen LogP contribution < -0.4 is 10.2 Å². The highest BCUT2D eigenvalue weighted by Gasteiger charge is 2.38. The molecule has 19 heavy (non-hydrogen) atoms. The monoisotopic (exact) mass is 258 g/mol. The zero-order valence-corrected chi connectivity index (χ0v) is 11.3. The minimum Gasteiger partial charge on any atom is -0.381 e. The molecule has 5 rings (SSSR count). The number of ether oxygens (including phenoxy) is 1. The topological polar surface area (TPSA) is 24.5 Å². The Bertz CT molecular complexity index is 456. The molecule has 3 heteroatoms. The van der Waals surface area contributed by atoms with Crippen molar-refractivity contribution in [1.29, 1.82) is 0 Å². The van der Waals surface area contributed by atoms with Crippen molar-refractivity contribution >= 4 is 5.69 Å². The predicted molar refractivity (Wildman–Crippen MR) is 76.8 cm³/mol. The van der Waals surface area contributed by atoms with Gasteiger partial charge in [0.2, 0.25) is 0 Å². The fourth-order valence-corrected chi connectivity index (χ4v) is 3.97. The average molecular weight is 258 g/mol. The first-order valence-electron chi connectivity index (χ1n) is 7.59. The molecule has 4 aliphatic heterocycles. The highest BCUT2D eigenvalue weighted by atomic mass is 16.5. The molecule has 4 heterocycles. The van der Waals surface area contributed by atoms with Crippen LogP contribution in [0.3, 0.4) is 0 Å². The lowest BCUT2D eigenvalue weighted by molar-refractivity contribution is 0.0729. The Morgan fingerprint density at radius 2 is 1.95 bits per heavy atom. The summed E-state index contributed by atoms with van der Waals surface area (Å²) in [5.74, 6) is 0.712. The molecular formula is C16H22N2O. The van der Waals surface area contributed by atoms with Crippen molar-refractivity contribution in [3.63, 3.8) is 0 Å². The molecule has 0 spiro atoms. The standard InChI is InChI=1S/C16H22N2O/c1-2-4-16-14(3-1)13-5-8-18(16)11-15(13)17-12-6-9-19-10-7-12/h1-4,12-13,15,17H,5-11H2. The molecule has 0 amide bonds. The maximum Gasteiger partial charge on any atom is 0.0480 e. The first-order chi connectivity index (χ1) is 9.42. The van der Waals surface area contributed by atoms with Crippen molar-refractivity contribution < 1.29 is 4.74 Å². The van der Waals surface area contributed by atoms with Gasteiger partial charge in [-0.25, -0.2) is 0 Å². The summed E-state index contributed by atoms with van der Waals surface area (Å²) in [5, 5.41) is 3.91. The Morgan fingerprint density at radius 3 is 2.84 bits per heavy atom. The van der Waals surface area contributed by atoms with Gasteiger partial charge in [0, 0.05) is 50.0 Å². The van der Waals surface area contributed by atoms with Gasteiger partial charge in [-0.2, -0.15) is 0 Å². The van der Waals surface area contributed by atoms with Crippen molar-refractivity contribution in [2.45, 2.75) is 37.3 Å². The highest BCUT2D eigenvalue weighted by Crippen LogP contribution is 2.42. The van der Waals surface area contributed by atoms with Crippen molar-refractivity contribution in [3.05, 3.63) is 29.8 Å². The summed E-state index contributed by atoms with van der Waals surface area (Å²) in [5.41, 5.74) is 3.04. The molecule has 2 atom stereocenters. The molecule has 0 saturated carbocycles. The smallest absolute Gasteiger partial charge is 0.0480 e. The van der Waals surface area contributed by atoms with Crippen LogP contribution in [0.2, 0.25) is 0 Å². The van der Waals surface area contributed by atoms with Crippen LogP contribution >= 0.6 is 0 Å². The Kier molecular flexibility index (Phi) is 2.97. The third-order valence-electron chi connectivity index (χ3n) is 4.96. The number of piperidine rings is 1. The molecule has 0 radical (unpaired) electrons. The van der Waals surface area contributed by atoms with Crippen molar-refractivity contribution in [3.8, 4) is 0 Å². The van der Waals surface area contributed by atoms with E-state index in [9.17, 15) is 0 Å². The molecular weight excluding hydrogens is 236 g/mol. The van der Waals surface area contributed by atoms with Crippen molar-refractivity contribution in [2.24, 2.45) is 0 Å². The minimum absolute atomic E-state index is 0.631. The Labute approximate surface area is 114 Å². The van der Waals surface area contributed by atoms with Gasteiger partial charge in [0.15, 0.2) is 0 Å². The van der Waals surface area contributed by atoms with E-state index in [1.807, 2.05) is 0 Å². The van der Waals surface area contributed by atoms with E-state index in [4.69, 9.17) is 4.74 Å². The summed E-state index contributed by atoms with van der Waals surface area (Å²) < 4.78 is 5.46. The maximum absolute atomic E-state index is 5.46. The van der Waals surface area contributed by atoms with Crippen LogP contribution in [0.1, 0.15) is 30.7 Å². The van der Waals surface area contributed by atoms with E-state index in [0.717, 1.165) is 13.2 Å². The van der Waals surface area contributed by atoms with Gasteiger partial charge in [0.05, 0.1) is 0 Å². The van der Waals surface area contributed by atoms with Gasteiger partial charge in [-0.1, -0.05) is 18.2 Å².